The summed E-state index contributed by atoms with van der Waals surface area (Å²) >= 11 is 0. The maximum Gasteiger partial charge on any atom is 0.137 e. The zero-order valence-corrected chi connectivity index (χ0v) is 4.93. The van der Waals surface area contributed by atoms with Crippen LogP contribution in [-0.4, -0.2) is 25.0 Å². The molecule has 1 atom stereocenters. The smallest absolute Gasteiger partial charge is 0.137 e. The highest BCUT2D eigenvalue weighted by Gasteiger charge is 2.23. The molecule has 3 heteroatoms. The van der Waals surface area contributed by atoms with E-state index in [0.29, 0.717) is 6.54 Å². The lowest BCUT2D eigenvalue weighted by molar-refractivity contribution is -0.111. The molecule has 1 fully saturated rings. The number of methoxy groups -OCH3 is 1. The van der Waals surface area contributed by atoms with Gasteiger partial charge in [0, 0.05) is 13.7 Å². The van der Waals surface area contributed by atoms with Gasteiger partial charge in [-0.2, -0.15) is 0 Å². The Morgan fingerprint density at radius 3 is 2.75 bits per heavy atom. The van der Waals surface area contributed by atoms with E-state index in [1.807, 2.05) is 0 Å². The summed E-state index contributed by atoms with van der Waals surface area (Å²) in [5.41, 5.74) is 0. The number of hydrogen-bond acceptors (Lipinski definition) is 2. The van der Waals surface area contributed by atoms with Gasteiger partial charge in [-0.25, -0.2) is 0 Å². The van der Waals surface area contributed by atoms with E-state index < -0.39 is 0 Å². The van der Waals surface area contributed by atoms with Gasteiger partial charge in [-0.15, -0.1) is 9.60 Å². The lowest BCUT2D eigenvalue weighted by atomic mass is 10.4. The Balaban J connectivity index is 2.30. The van der Waals surface area contributed by atoms with Gasteiger partial charge >= 0.3 is 0 Å². The molecule has 1 saturated heterocycles. The fourth-order valence-corrected chi connectivity index (χ4v) is 0.933. The van der Waals surface area contributed by atoms with E-state index in [0.717, 1.165) is 18.0 Å². The van der Waals surface area contributed by atoms with Gasteiger partial charge in [0.25, 0.3) is 0 Å². The molecule has 1 aliphatic rings. The van der Waals surface area contributed by atoms with Gasteiger partial charge in [0.05, 0.1) is 0 Å². The Kier molecular flexibility index (Phi) is 1.81. The summed E-state index contributed by atoms with van der Waals surface area (Å²) < 4.78 is 17.1. The maximum atomic E-state index is 12.3. The molecule has 48 valence electrons. The summed E-state index contributed by atoms with van der Waals surface area (Å²) in [7, 11) is 1.53. The Hall–Kier alpha value is -0.150. The van der Waals surface area contributed by atoms with Gasteiger partial charge in [0.1, 0.15) is 6.23 Å². The van der Waals surface area contributed by atoms with Crippen LogP contribution in [0, 0.1) is 0 Å². The van der Waals surface area contributed by atoms with Crippen LogP contribution in [0.25, 0.3) is 0 Å². The molecular weight excluding hydrogens is 109 g/mol. The first-order chi connectivity index (χ1) is 3.84. The lowest BCUT2D eigenvalue weighted by Gasteiger charge is -2.11. The van der Waals surface area contributed by atoms with E-state index in [2.05, 4.69) is 0 Å². The molecule has 0 aromatic heterocycles. The molecule has 0 spiro atoms. The second-order valence-electron chi connectivity index (χ2n) is 1.96. The van der Waals surface area contributed by atoms with Gasteiger partial charge in [-0.1, -0.05) is 0 Å². The Morgan fingerprint density at radius 1 is 1.75 bits per heavy atom. The van der Waals surface area contributed by atoms with Gasteiger partial charge in [0.15, 0.2) is 0 Å². The fraction of sp³-hybridized carbons (Fsp3) is 1.00. The first-order valence-corrected chi connectivity index (χ1v) is 2.80. The van der Waals surface area contributed by atoms with Gasteiger partial charge in [-0.3, -0.25) is 0 Å². The lowest BCUT2D eigenvalue weighted by Crippen LogP contribution is -2.22. The van der Waals surface area contributed by atoms with Crippen LogP contribution in [0.2, 0.25) is 0 Å². The topological polar surface area (TPSA) is 12.5 Å². The molecule has 0 aromatic rings. The third-order valence-electron chi connectivity index (χ3n) is 1.41. The summed E-state index contributed by atoms with van der Waals surface area (Å²) in [6, 6.07) is 0. The van der Waals surface area contributed by atoms with Crippen molar-refractivity contribution in [2.45, 2.75) is 19.1 Å². The Bertz CT molecular complexity index is 78.8. The van der Waals surface area contributed by atoms with E-state index in [1.165, 1.54) is 7.11 Å². The normalized spacial score (nSPS) is 31.5. The van der Waals surface area contributed by atoms with E-state index in [9.17, 15) is 4.48 Å². The van der Waals surface area contributed by atoms with Crippen molar-refractivity contribution in [1.82, 2.24) is 5.12 Å². The van der Waals surface area contributed by atoms with Crippen molar-refractivity contribution in [1.29, 1.82) is 0 Å². The molecule has 1 heterocycles. The first-order valence-electron chi connectivity index (χ1n) is 2.80. The summed E-state index contributed by atoms with van der Waals surface area (Å²) in [5.74, 6) is 0. The number of halogens is 1. The molecule has 1 rings (SSSR count). The van der Waals surface area contributed by atoms with Crippen LogP contribution in [0.5, 0.6) is 0 Å². The number of ether oxygens (including phenoxy) is 1. The van der Waals surface area contributed by atoms with Crippen molar-refractivity contribution in [3.05, 3.63) is 0 Å². The van der Waals surface area contributed by atoms with Crippen LogP contribution in [-0.2, 0) is 4.74 Å². The van der Waals surface area contributed by atoms with E-state index >= 15 is 0 Å². The molecule has 0 saturated carbocycles. The minimum Gasteiger partial charge on any atom is -0.364 e. The summed E-state index contributed by atoms with van der Waals surface area (Å²) in [6.07, 6.45) is 1.47. The summed E-state index contributed by atoms with van der Waals surface area (Å²) in [4.78, 5) is 0. The van der Waals surface area contributed by atoms with Crippen molar-refractivity contribution in [3.8, 4) is 0 Å². The molecule has 0 N–H and O–H groups in total. The first kappa shape index (κ1) is 5.98. The molecule has 1 aliphatic heterocycles. The summed E-state index contributed by atoms with van der Waals surface area (Å²) in [5, 5.41) is 0.736. The van der Waals surface area contributed by atoms with E-state index in [1.54, 1.807) is 0 Å². The Labute approximate surface area is 48.2 Å². The zero-order chi connectivity index (χ0) is 5.98. The quantitative estimate of drug-likeness (QED) is 0.476. The summed E-state index contributed by atoms with van der Waals surface area (Å²) in [6.45, 7) is 0.526. The van der Waals surface area contributed by atoms with Crippen LogP contribution >= 0.6 is 0 Å². The minimum absolute atomic E-state index is 0.269. The number of hydrogen-bond donors (Lipinski definition) is 0. The van der Waals surface area contributed by atoms with Crippen LogP contribution in [0.1, 0.15) is 12.8 Å². The highest BCUT2D eigenvalue weighted by Crippen LogP contribution is 2.16. The third kappa shape index (κ3) is 0.980. The monoisotopic (exact) mass is 119 g/mol. The molecule has 0 aromatic carbocycles. The molecule has 0 radical (unpaired) electrons. The molecule has 1 unspecified atom stereocenters. The van der Waals surface area contributed by atoms with Crippen LogP contribution in [0.15, 0.2) is 0 Å². The predicted molar refractivity (Wildman–Crippen MR) is 27.8 cm³/mol. The van der Waals surface area contributed by atoms with Crippen molar-refractivity contribution < 1.29 is 9.22 Å². The molecular formula is C5H10FNO. The zero-order valence-electron chi connectivity index (χ0n) is 4.93. The number of nitrogens with zero attached hydrogens (tertiary/aromatic N) is 1. The Morgan fingerprint density at radius 2 is 2.50 bits per heavy atom. The SMILES string of the molecule is COC1CCCN1F. The third-order valence-corrected chi connectivity index (χ3v) is 1.41. The average Bonchev–Trinajstić information content (AvgIpc) is 2.14. The fourth-order valence-electron chi connectivity index (χ4n) is 0.933. The van der Waals surface area contributed by atoms with Crippen LogP contribution < -0.4 is 0 Å². The van der Waals surface area contributed by atoms with Gasteiger partial charge < -0.3 is 4.74 Å². The van der Waals surface area contributed by atoms with Gasteiger partial charge in [-0.05, 0) is 12.8 Å². The van der Waals surface area contributed by atoms with Crippen LogP contribution in [0.4, 0.5) is 4.48 Å². The molecule has 0 bridgehead atoms. The van der Waals surface area contributed by atoms with Crippen LogP contribution in [0.3, 0.4) is 0 Å². The average molecular weight is 119 g/mol. The second-order valence-corrected chi connectivity index (χ2v) is 1.96. The molecule has 8 heavy (non-hydrogen) atoms. The molecule has 2 nitrogen and oxygen atoms in total. The number of rotatable bonds is 1. The predicted octanol–water partition coefficient (Wildman–Crippen LogP) is 0.939. The molecule has 0 amide bonds. The largest absolute Gasteiger partial charge is 0.364 e. The standard InChI is InChI=1S/C5H10FNO/c1-8-5-3-2-4-7(5)6/h5H,2-4H2,1H3. The van der Waals surface area contributed by atoms with Gasteiger partial charge in [0.2, 0.25) is 0 Å². The maximum absolute atomic E-state index is 12.3. The highest BCUT2D eigenvalue weighted by molar-refractivity contribution is 4.62. The van der Waals surface area contributed by atoms with Crippen molar-refractivity contribution >= 4 is 0 Å². The van der Waals surface area contributed by atoms with E-state index in [-0.39, 0.29) is 6.23 Å². The highest BCUT2D eigenvalue weighted by atomic mass is 19.2. The van der Waals surface area contributed by atoms with Crippen molar-refractivity contribution in [3.63, 3.8) is 0 Å². The second kappa shape index (κ2) is 2.42. The van der Waals surface area contributed by atoms with Crippen molar-refractivity contribution in [2.75, 3.05) is 13.7 Å². The minimum atomic E-state index is -0.269. The van der Waals surface area contributed by atoms with Crippen molar-refractivity contribution in [2.24, 2.45) is 0 Å². The van der Waals surface area contributed by atoms with E-state index in [4.69, 9.17) is 4.74 Å². The molecule has 0 aliphatic carbocycles.